The molecule has 0 aliphatic heterocycles. The fourth-order valence-corrected chi connectivity index (χ4v) is 1.95. The van der Waals surface area contributed by atoms with Gasteiger partial charge in [-0.2, -0.15) is 0 Å². The normalized spacial score (nSPS) is 9.96. The quantitative estimate of drug-likeness (QED) is 0.384. The SMILES string of the molecule is C=C(Oc1cccc(O)c1C(=O)c1ccccc1)C(=O)OCC. The third-order valence-corrected chi connectivity index (χ3v) is 3.00. The summed E-state index contributed by atoms with van der Waals surface area (Å²) in [5.74, 6) is -1.62. The average molecular weight is 312 g/mol. The van der Waals surface area contributed by atoms with Crippen LogP contribution < -0.4 is 4.74 Å². The molecule has 0 aliphatic carbocycles. The van der Waals surface area contributed by atoms with Crippen molar-refractivity contribution in [1.82, 2.24) is 0 Å². The number of phenols is 1. The van der Waals surface area contributed by atoms with E-state index in [2.05, 4.69) is 6.58 Å². The molecule has 2 rings (SSSR count). The highest BCUT2D eigenvalue weighted by atomic mass is 16.6. The van der Waals surface area contributed by atoms with Gasteiger partial charge in [-0.3, -0.25) is 4.79 Å². The smallest absolute Gasteiger partial charge is 0.373 e. The van der Waals surface area contributed by atoms with Crippen molar-refractivity contribution in [2.24, 2.45) is 0 Å². The zero-order chi connectivity index (χ0) is 16.8. The predicted molar refractivity (Wildman–Crippen MR) is 84.4 cm³/mol. The molecule has 0 saturated carbocycles. The number of aromatic hydroxyl groups is 1. The third kappa shape index (κ3) is 3.77. The number of hydrogen-bond acceptors (Lipinski definition) is 5. The summed E-state index contributed by atoms with van der Waals surface area (Å²) in [5, 5.41) is 10.0. The maximum atomic E-state index is 12.6. The molecule has 0 bridgehead atoms. The highest BCUT2D eigenvalue weighted by Gasteiger charge is 2.21. The minimum Gasteiger partial charge on any atom is -0.507 e. The Hall–Kier alpha value is -3.08. The monoisotopic (exact) mass is 312 g/mol. The topological polar surface area (TPSA) is 72.8 Å². The van der Waals surface area contributed by atoms with Crippen LogP contribution in [0.25, 0.3) is 0 Å². The molecular formula is C18H16O5. The van der Waals surface area contributed by atoms with Gasteiger partial charge in [0.05, 0.1) is 6.61 Å². The van der Waals surface area contributed by atoms with Gasteiger partial charge in [-0.15, -0.1) is 0 Å². The summed E-state index contributed by atoms with van der Waals surface area (Å²) in [6.07, 6.45) is 0. The van der Waals surface area contributed by atoms with Gasteiger partial charge >= 0.3 is 5.97 Å². The van der Waals surface area contributed by atoms with Gasteiger partial charge in [0.1, 0.15) is 17.1 Å². The summed E-state index contributed by atoms with van der Waals surface area (Å²) in [4.78, 5) is 24.2. The molecule has 2 aromatic carbocycles. The van der Waals surface area contributed by atoms with Crippen molar-refractivity contribution in [1.29, 1.82) is 0 Å². The summed E-state index contributed by atoms with van der Waals surface area (Å²) in [6, 6.07) is 12.8. The van der Waals surface area contributed by atoms with Crippen LogP contribution in [0.2, 0.25) is 0 Å². The molecule has 0 radical (unpaired) electrons. The first kappa shape index (κ1) is 16.3. The van der Waals surface area contributed by atoms with E-state index < -0.39 is 11.8 Å². The molecule has 0 atom stereocenters. The number of ketones is 1. The molecule has 118 valence electrons. The van der Waals surface area contributed by atoms with Crippen molar-refractivity contribution in [2.75, 3.05) is 6.61 Å². The highest BCUT2D eigenvalue weighted by Crippen LogP contribution is 2.31. The summed E-state index contributed by atoms with van der Waals surface area (Å²) in [5.41, 5.74) is 0.352. The van der Waals surface area contributed by atoms with Gasteiger partial charge < -0.3 is 14.6 Å². The second-order valence-electron chi connectivity index (χ2n) is 4.59. The number of carbonyl (C=O) groups excluding carboxylic acids is 2. The second-order valence-corrected chi connectivity index (χ2v) is 4.59. The Morgan fingerprint density at radius 3 is 2.43 bits per heavy atom. The molecule has 2 aromatic rings. The minimum atomic E-state index is -0.728. The van der Waals surface area contributed by atoms with Gasteiger partial charge in [0.25, 0.3) is 0 Å². The first-order valence-corrected chi connectivity index (χ1v) is 7.00. The molecule has 0 saturated heterocycles. The van der Waals surface area contributed by atoms with Gasteiger partial charge in [0.2, 0.25) is 11.5 Å². The number of esters is 1. The molecule has 0 unspecified atom stereocenters. The summed E-state index contributed by atoms with van der Waals surface area (Å²) >= 11 is 0. The lowest BCUT2D eigenvalue weighted by atomic mass is 10.0. The Morgan fingerprint density at radius 2 is 1.78 bits per heavy atom. The van der Waals surface area contributed by atoms with Crippen LogP contribution >= 0.6 is 0 Å². The van der Waals surface area contributed by atoms with E-state index in [9.17, 15) is 14.7 Å². The van der Waals surface area contributed by atoms with E-state index in [-0.39, 0.29) is 29.4 Å². The van der Waals surface area contributed by atoms with Crippen molar-refractivity contribution in [3.8, 4) is 11.5 Å². The van der Waals surface area contributed by atoms with Crippen LogP contribution in [-0.4, -0.2) is 23.5 Å². The lowest BCUT2D eigenvalue weighted by Crippen LogP contribution is -2.13. The first-order chi connectivity index (χ1) is 11.0. The van der Waals surface area contributed by atoms with Crippen molar-refractivity contribution < 1.29 is 24.2 Å². The zero-order valence-corrected chi connectivity index (χ0v) is 12.6. The van der Waals surface area contributed by atoms with Crippen molar-refractivity contribution in [3.63, 3.8) is 0 Å². The number of carbonyl (C=O) groups is 2. The van der Waals surface area contributed by atoms with Crippen LogP contribution in [0.1, 0.15) is 22.8 Å². The highest BCUT2D eigenvalue weighted by molar-refractivity contribution is 6.12. The van der Waals surface area contributed by atoms with Crippen LogP contribution in [0.5, 0.6) is 11.5 Å². The molecule has 0 amide bonds. The fraction of sp³-hybridized carbons (Fsp3) is 0.111. The molecule has 0 aliphatic rings. The van der Waals surface area contributed by atoms with E-state index in [0.717, 1.165) is 0 Å². The molecular weight excluding hydrogens is 296 g/mol. The first-order valence-electron chi connectivity index (χ1n) is 7.00. The summed E-state index contributed by atoms with van der Waals surface area (Å²) in [7, 11) is 0. The number of phenolic OH excluding ortho intramolecular Hbond substituents is 1. The number of rotatable bonds is 6. The molecule has 5 nitrogen and oxygen atoms in total. The van der Waals surface area contributed by atoms with Gasteiger partial charge in [-0.05, 0) is 25.6 Å². The minimum absolute atomic E-state index is 0.0378. The maximum absolute atomic E-state index is 12.6. The largest absolute Gasteiger partial charge is 0.507 e. The molecule has 0 heterocycles. The maximum Gasteiger partial charge on any atom is 0.373 e. The van der Waals surface area contributed by atoms with Crippen LogP contribution in [0.3, 0.4) is 0 Å². The Labute approximate surface area is 133 Å². The average Bonchev–Trinajstić information content (AvgIpc) is 2.55. The van der Waals surface area contributed by atoms with E-state index in [4.69, 9.17) is 9.47 Å². The lowest BCUT2D eigenvalue weighted by Gasteiger charge is -2.13. The Balaban J connectivity index is 2.35. The van der Waals surface area contributed by atoms with Gasteiger partial charge in [-0.25, -0.2) is 4.79 Å². The van der Waals surface area contributed by atoms with E-state index in [1.54, 1.807) is 37.3 Å². The molecule has 0 spiro atoms. The van der Waals surface area contributed by atoms with Gasteiger partial charge in [-0.1, -0.05) is 36.4 Å². The van der Waals surface area contributed by atoms with Crippen LogP contribution in [0.4, 0.5) is 0 Å². The van der Waals surface area contributed by atoms with Crippen molar-refractivity contribution in [2.45, 2.75) is 6.92 Å². The van der Waals surface area contributed by atoms with Gasteiger partial charge in [0.15, 0.2) is 0 Å². The number of hydrogen-bond donors (Lipinski definition) is 1. The summed E-state index contributed by atoms with van der Waals surface area (Å²) in [6.45, 7) is 5.32. The van der Waals surface area contributed by atoms with Crippen LogP contribution in [0, 0.1) is 0 Å². The third-order valence-electron chi connectivity index (χ3n) is 3.00. The number of ether oxygens (including phenoxy) is 2. The zero-order valence-electron chi connectivity index (χ0n) is 12.6. The molecule has 0 aromatic heterocycles. The standard InChI is InChI=1S/C18H16O5/c1-3-22-18(21)12(2)23-15-11-7-10-14(19)16(15)17(20)13-8-5-4-6-9-13/h4-11,19H,2-3H2,1H3. The fourth-order valence-electron chi connectivity index (χ4n) is 1.95. The number of benzene rings is 2. The van der Waals surface area contributed by atoms with E-state index in [1.165, 1.54) is 18.2 Å². The Bertz CT molecular complexity index is 734. The second kappa shape index (κ2) is 7.26. The van der Waals surface area contributed by atoms with Crippen molar-refractivity contribution in [3.05, 3.63) is 72.0 Å². The molecule has 5 heteroatoms. The molecule has 23 heavy (non-hydrogen) atoms. The van der Waals surface area contributed by atoms with E-state index in [0.29, 0.717) is 5.56 Å². The molecule has 1 N–H and O–H groups in total. The summed E-state index contributed by atoms with van der Waals surface area (Å²) < 4.78 is 10.1. The van der Waals surface area contributed by atoms with Crippen LogP contribution in [0.15, 0.2) is 60.9 Å². The Morgan fingerprint density at radius 1 is 1.09 bits per heavy atom. The van der Waals surface area contributed by atoms with Crippen LogP contribution in [-0.2, 0) is 9.53 Å². The van der Waals surface area contributed by atoms with Gasteiger partial charge in [0, 0.05) is 5.56 Å². The molecule has 0 fully saturated rings. The predicted octanol–water partition coefficient (Wildman–Crippen LogP) is 3.08. The Kier molecular flexibility index (Phi) is 5.15. The van der Waals surface area contributed by atoms with E-state index in [1.807, 2.05) is 0 Å². The van der Waals surface area contributed by atoms with Crippen molar-refractivity contribution >= 4 is 11.8 Å². The van der Waals surface area contributed by atoms with E-state index >= 15 is 0 Å². The lowest BCUT2D eigenvalue weighted by molar-refractivity contribution is -0.140.